The van der Waals surface area contributed by atoms with Crippen LogP contribution in [0.4, 0.5) is 13.9 Å². The third kappa shape index (κ3) is 5.31. The number of benzene rings is 2. The molecule has 1 aliphatic rings. The van der Waals surface area contributed by atoms with Crippen LogP contribution in [0.15, 0.2) is 60.1 Å². The van der Waals surface area contributed by atoms with Crippen molar-refractivity contribution in [1.29, 1.82) is 0 Å². The minimum atomic E-state index is -1.25. The Kier molecular flexibility index (Phi) is 7.04. The number of piperidine rings is 1. The summed E-state index contributed by atoms with van der Waals surface area (Å²) in [4.78, 5) is 30.8. The van der Waals surface area contributed by atoms with E-state index in [1.54, 1.807) is 30.4 Å². The fraction of sp³-hybridized carbons (Fsp3) is 0.320. The molecule has 0 saturated carbocycles. The van der Waals surface area contributed by atoms with E-state index in [4.69, 9.17) is 0 Å². The van der Waals surface area contributed by atoms with E-state index in [1.165, 1.54) is 47.7 Å². The van der Waals surface area contributed by atoms with Gasteiger partial charge >= 0.3 is 0 Å². The highest BCUT2D eigenvalue weighted by Crippen LogP contribution is 2.32. The highest BCUT2D eigenvalue weighted by Gasteiger charge is 2.39. The maximum Gasteiger partial charge on any atom is 0.268 e. The Labute approximate surface area is 201 Å². The van der Waals surface area contributed by atoms with E-state index in [1.807, 2.05) is 17.1 Å². The molecule has 9 heteroatoms. The van der Waals surface area contributed by atoms with Crippen LogP contribution in [0.25, 0.3) is 0 Å². The summed E-state index contributed by atoms with van der Waals surface area (Å²) in [5, 5.41) is 8.60. The second-order valence-corrected chi connectivity index (χ2v) is 9.67. The smallest absolute Gasteiger partial charge is 0.268 e. The summed E-state index contributed by atoms with van der Waals surface area (Å²) in [5.41, 5.74) is 0.105. The first-order valence-corrected chi connectivity index (χ1v) is 11.9. The van der Waals surface area contributed by atoms with Crippen molar-refractivity contribution >= 4 is 28.3 Å². The second-order valence-electron chi connectivity index (χ2n) is 8.80. The van der Waals surface area contributed by atoms with E-state index in [-0.39, 0.29) is 23.2 Å². The predicted molar refractivity (Wildman–Crippen MR) is 127 cm³/mol. The molecule has 0 atom stereocenters. The van der Waals surface area contributed by atoms with Crippen molar-refractivity contribution in [2.75, 3.05) is 18.1 Å². The molecule has 0 unspecified atom stereocenters. The molecule has 1 saturated heterocycles. The number of anilines is 1. The zero-order chi connectivity index (χ0) is 24.3. The van der Waals surface area contributed by atoms with Crippen LogP contribution in [0.5, 0.6) is 0 Å². The van der Waals surface area contributed by atoms with Gasteiger partial charge in [-0.05, 0) is 74.6 Å². The number of carbonyl (C=O) groups is 2. The number of amides is 2. The van der Waals surface area contributed by atoms with Gasteiger partial charge in [0.15, 0.2) is 0 Å². The summed E-state index contributed by atoms with van der Waals surface area (Å²) >= 11 is 1.34. The van der Waals surface area contributed by atoms with E-state index in [2.05, 4.69) is 10.3 Å². The van der Waals surface area contributed by atoms with Crippen molar-refractivity contribution in [3.8, 4) is 0 Å². The van der Waals surface area contributed by atoms with Gasteiger partial charge in [0, 0.05) is 30.2 Å². The minimum Gasteiger partial charge on any atom is -0.338 e. The molecule has 1 aliphatic heterocycles. The van der Waals surface area contributed by atoms with Crippen LogP contribution in [-0.4, -0.2) is 40.4 Å². The molecular weight excluding hydrogens is 458 g/mol. The van der Waals surface area contributed by atoms with Crippen LogP contribution in [0.1, 0.15) is 48.5 Å². The molecule has 2 heterocycles. The van der Waals surface area contributed by atoms with Gasteiger partial charge in [0.1, 0.15) is 17.2 Å². The largest absolute Gasteiger partial charge is 0.338 e. The summed E-state index contributed by atoms with van der Waals surface area (Å²) < 4.78 is 26.5. The lowest BCUT2D eigenvalue weighted by molar-refractivity contribution is -0.127. The molecule has 6 nitrogen and oxygen atoms in total. The fourth-order valence-corrected chi connectivity index (χ4v) is 4.73. The van der Waals surface area contributed by atoms with Gasteiger partial charge in [-0.25, -0.2) is 23.8 Å². The predicted octanol–water partition coefficient (Wildman–Crippen LogP) is 4.76. The van der Waals surface area contributed by atoms with Crippen molar-refractivity contribution in [2.24, 2.45) is 0 Å². The normalized spacial score (nSPS) is 15.2. The second kappa shape index (κ2) is 9.99. The van der Waals surface area contributed by atoms with E-state index < -0.39 is 17.3 Å². The Morgan fingerprint density at radius 3 is 2.18 bits per heavy atom. The molecule has 0 spiro atoms. The van der Waals surface area contributed by atoms with Crippen LogP contribution >= 0.6 is 11.3 Å². The molecule has 2 aromatic carbocycles. The van der Waals surface area contributed by atoms with Crippen molar-refractivity contribution < 1.29 is 18.4 Å². The lowest BCUT2D eigenvalue weighted by Crippen LogP contribution is -2.61. The number of hydrazine groups is 1. The van der Waals surface area contributed by atoms with Crippen molar-refractivity contribution in [3.63, 3.8) is 0 Å². The Hall–Kier alpha value is -3.17. The molecule has 2 amide bonds. The SMILES string of the molecule is CC(C)(NC(=O)c1ccc(F)cc1)C(=O)N(c1nccs1)N1CCC(c2ccc(F)cc2)CC1. The van der Waals surface area contributed by atoms with Crippen molar-refractivity contribution in [3.05, 3.63) is 82.9 Å². The molecule has 178 valence electrons. The van der Waals surface area contributed by atoms with Gasteiger partial charge in [-0.3, -0.25) is 9.59 Å². The summed E-state index contributed by atoms with van der Waals surface area (Å²) in [7, 11) is 0. The van der Waals surface area contributed by atoms with Gasteiger partial charge in [-0.2, -0.15) is 0 Å². The van der Waals surface area contributed by atoms with Crippen LogP contribution < -0.4 is 10.3 Å². The molecule has 4 rings (SSSR count). The van der Waals surface area contributed by atoms with E-state index in [9.17, 15) is 18.4 Å². The van der Waals surface area contributed by atoms with Crippen molar-refractivity contribution in [2.45, 2.75) is 38.1 Å². The van der Waals surface area contributed by atoms with Crippen molar-refractivity contribution in [1.82, 2.24) is 15.3 Å². The molecule has 0 bridgehead atoms. The number of carbonyl (C=O) groups excluding carboxylic acids is 2. The van der Waals surface area contributed by atoms with Crippen LogP contribution in [0.3, 0.4) is 0 Å². The first-order valence-electron chi connectivity index (χ1n) is 11.1. The molecule has 1 fully saturated rings. The number of aromatic nitrogens is 1. The summed E-state index contributed by atoms with van der Waals surface area (Å²) in [6.45, 7) is 4.50. The molecule has 1 N–H and O–H groups in total. The first kappa shape index (κ1) is 24.0. The van der Waals surface area contributed by atoms with E-state index in [0.717, 1.165) is 18.4 Å². The molecule has 34 heavy (non-hydrogen) atoms. The monoisotopic (exact) mass is 484 g/mol. The summed E-state index contributed by atoms with van der Waals surface area (Å²) in [5.74, 6) is -1.21. The molecule has 3 aromatic rings. The molecule has 0 radical (unpaired) electrons. The number of rotatable bonds is 6. The molecule has 0 aliphatic carbocycles. The minimum absolute atomic E-state index is 0.258. The number of nitrogens with one attached hydrogen (secondary N) is 1. The molecular formula is C25H26F2N4O2S. The van der Waals surface area contributed by atoms with E-state index >= 15 is 0 Å². The maximum atomic E-state index is 13.7. The van der Waals surface area contributed by atoms with Crippen LogP contribution in [0.2, 0.25) is 0 Å². The highest BCUT2D eigenvalue weighted by molar-refractivity contribution is 7.13. The number of nitrogens with zero attached hydrogens (tertiary/aromatic N) is 3. The lowest BCUT2D eigenvalue weighted by atomic mass is 9.90. The Morgan fingerprint density at radius 1 is 1.03 bits per heavy atom. The number of halogens is 2. The Bertz CT molecular complexity index is 1130. The third-order valence-corrected chi connectivity index (χ3v) is 6.70. The number of thiazole rings is 1. The molecule has 1 aromatic heterocycles. The third-order valence-electron chi connectivity index (χ3n) is 5.96. The number of hydrogen-bond acceptors (Lipinski definition) is 5. The van der Waals surface area contributed by atoms with Crippen LogP contribution in [0, 0.1) is 11.6 Å². The van der Waals surface area contributed by atoms with Gasteiger partial charge in [0.05, 0.1) is 0 Å². The first-order chi connectivity index (χ1) is 16.2. The van der Waals surface area contributed by atoms with Gasteiger partial charge in [0.2, 0.25) is 5.13 Å². The zero-order valence-corrected chi connectivity index (χ0v) is 19.8. The van der Waals surface area contributed by atoms with E-state index in [0.29, 0.717) is 18.2 Å². The average Bonchev–Trinajstić information content (AvgIpc) is 3.35. The van der Waals surface area contributed by atoms with Gasteiger partial charge in [-0.15, -0.1) is 11.3 Å². The van der Waals surface area contributed by atoms with Gasteiger partial charge < -0.3 is 5.32 Å². The summed E-state index contributed by atoms with van der Waals surface area (Å²) in [6.07, 6.45) is 3.22. The number of hydrogen-bond donors (Lipinski definition) is 1. The Balaban J connectivity index is 1.49. The summed E-state index contributed by atoms with van der Waals surface area (Å²) in [6, 6.07) is 11.7. The fourth-order valence-electron chi connectivity index (χ4n) is 4.07. The van der Waals surface area contributed by atoms with Gasteiger partial charge in [-0.1, -0.05) is 12.1 Å². The average molecular weight is 485 g/mol. The standard InChI is InChI=1S/C25H26F2N4O2S/c1-25(2,29-22(32)19-5-9-21(27)10-6-19)23(33)31(24-28-13-16-34-24)30-14-11-18(12-15-30)17-3-7-20(26)8-4-17/h3-10,13,16,18H,11-12,14-15H2,1-2H3,(H,29,32). The Morgan fingerprint density at radius 2 is 1.62 bits per heavy atom. The zero-order valence-electron chi connectivity index (χ0n) is 19.0. The topological polar surface area (TPSA) is 65.5 Å². The quantitative estimate of drug-likeness (QED) is 0.548. The lowest BCUT2D eigenvalue weighted by Gasteiger charge is -2.41. The maximum absolute atomic E-state index is 13.7. The highest BCUT2D eigenvalue weighted by atomic mass is 32.1. The van der Waals surface area contributed by atoms with Gasteiger partial charge in [0.25, 0.3) is 11.8 Å². The van der Waals surface area contributed by atoms with Crippen LogP contribution in [-0.2, 0) is 4.79 Å².